The van der Waals surface area contributed by atoms with Crippen LogP contribution in [0.2, 0.25) is 0 Å². The number of benzene rings is 2. The van der Waals surface area contributed by atoms with Gasteiger partial charge in [-0.2, -0.15) is 0 Å². The molecule has 0 bridgehead atoms. The van der Waals surface area contributed by atoms with Crippen LogP contribution in [0.4, 0.5) is 27.1 Å². The van der Waals surface area contributed by atoms with Crippen molar-refractivity contribution in [2.24, 2.45) is 0 Å². The highest BCUT2D eigenvalue weighted by molar-refractivity contribution is 5.97. The van der Waals surface area contributed by atoms with Crippen molar-refractivity contribution in [2.45, 2.75) is 0 Å². The lowest BCUT2D eigenvalue weighted by Gasteiger charge is -2.13. The van der Waals surface area contributed by atoms with Gasteiger partial charge in [0, 0.05) is 23.8 Å². The number of anilines is 4. The average Bonchev–Trinajstić information content (AvgIpc) is 2.64. The van der Waals surface area contributed by atoms with E-state index >= 15 is 0 Å². The number of pyridine rings is 1. The SMILES string of the molecule is O=C(CNc1ccncc1)Nc1ccccc1Nc1ccc(F)cc1. The number of rotatable bonds is 6. The maximum Gasteiger partial charge on any atom is 0.243 e. The van der Waals surface area contributed by atoms with Gasteiger partial charge in [-0.3, -0.25) is 9.78 Å². The second-order valence-electron chi connectivity index (χ2n) is 5.32. The largest absolute Gasteiger partial charge is 0.376 e. The maximum absolute atomic E-state index is 13.0. The lowest BCUT2D eigenvalue weighted by molar-refractivity contribution is -0.114. The first-order valence-corrected chi connectivity index (χ1v) is 7.76. The molecule has 3 N–H and O–H groups in total. The zero-order chi connectivity index (χ0) is 17.5. The van der Waals surface area contributed by atoms with Crippen LogP contribution >= 0.6 is 0 Å². The summed E-state index contributed by atoms with van der Waals surface area (Å²) in [6.45, 7) is 0.134. The molecule has 25 heavy (non-hydrogen) atoms. The molecule has 0 saturated heterocycles. The Morgan fingerprint density at radius 2 is 1.56 bits per heavy atom. The summed E-state index contributed by atoms with van der Waals surface area (Å²) in [5.74, 6) is -0.473. The Morgan fingerprint density at radius 1 is 0.880 bits per heavy atom. The Bertz CT molecular complexity index is 838. The molecule has 0 spiro atoms. The molecule has 3 rings (SSSR count). The van der Waals surface area contributed by atoms with Crippen molar-refractivity contribution in [2.75, 3.05) is 22.5 Å². The molecule has 0 aliphatic carbocycles. The fourth-order valence-corrected chi connectivity index (χ4v) is 2.24. The molecule has 0 aliphatic heterocycles. The third-order valence-electron chi connectivity index (χ3n) is 3.46. The van der Waals surface area contributed by atoms with Crippen molar-refractivity contribution >= 4 is 28.7 Å². The molecule has 5 nitrogen and oxygen atoms in total. The molecule has 3 aromatic rings. The van der Waals surface area contributed by atoms with Crippen LogP contribution in [0.5, 0.6) is 0 Å². The molecular weight excluding hydrogens is 319 g/mol. The van der Waals surface area contributed by atoms with Crippen LogP contribution in [-0.4, -0.2) is 17.4 Å². The highest BCUT2D eigenvalue weighted by Gasteiger charge is 2.07. The van der Waals surface area contributed by atoms with E-state index in [1.54, 1.807) is 42.7 Å². The fraction of sp³-hybridized carbons (Fsp3) is 0.0526. The van der Waals surface area contributed by atoms with Gasteiger partial charge in [-0.25, -0.2) is 4.39 Å². The van der Waals surface area contributed by atoms with Crippen molar-refractivity contribution in [3.63, 3.8) is 0 Å². The first kappa shape index (κ1) is 16.4. The Kier molecular flexibility index (Phi) is 5.21. The lowest BCUT2D eigenvalue weighted by Crippen LogP contribution is -2.22. The minimum atomic E-state index is -0.297. The monoisotopic (exact) mass is 336 g/mol. The number of hydrogen-bond donors (Lipinski definition) is 3. The Labute approximate surface area is 144 Å². The van der Waals surface area contributed by atoms with E-state index < -0.39 is 0 Å². The van der Waals surface area contributed by atoms with Crippen LogP contribution in [-0.2, 0) is 4.79 Å². The second kappa shape index (κ2) is 7.92. The van der Waals surface area contributed by atoms with Crippen LogP contribution in [0.3, 0.4) is 0 Å². The zero-order valence-electron chi connectivity index (χ0n) is 13.4. The van der Waals surface area contributed by atoms with E-state index in [1.165, 1.54) is 12.1 Å². The van der Waals surface area contributed by atoms with Crippen molar-refractivity contribution in [3.05, 3.63) is 78.9 Å². The van der Waals surface area contributed by atoms with E-state index in [1.807, 2.05) is 18.2 Å². The normalized spacial score (nSPS) is 10.1. The standard InChI is InChI=1S/C19H17FN4O/c20-14-5-7-16(8-6-14)23-17-3-1-2-4-18(17)24-19(25)13-22-15-9-11-21-12-10-15/h1-12,23H,13H2,(H,21,22)(H,24,25). The second-order valence-corrected chi connectivity index (χ2v) is 5.32. The van der Waals surface area contributed by atoms with Gasteiger partial charge in [-0.1, -0.05) is 12.1 Å². The van der Waals surface area contributed by atoms with Gasteiger partial charge in [0.05, 0.1) is 17.9 Å². The van der Waals surface area contributed by atoms with Gasteiger partial charge in [0.1, 0.15) is 5.82 Å². The van der Waals surface area contributed by atoms with Crippen molar-refractivity contribution in [1.29, 1.82) is 0 Å². The smallest absolute Gasteiger partial charge is 0.243 e. The summed E-state index contributed by atoms with van der Waals surface area (Å²) in [5.41, 5.74) is 2.93. The predicted molar refractivity (Wildman–Crippen MR) is 97.5 cm³/mol. The first-order chi connectivity index (χ1) is 12.2. The molecule has 1 aromatic heterocycles. The Balaban J connectivity index is 1.64. The summed E-state index contributed by atoms with van der Waals surface area (Å²) in [6.07, 6.45) is 3.31. The maximum atomic E-state index is 13.0. The van der Waals surface area contributed by atoms with Crippen molar-refractivity contribution < 1.29 is 9.18 Å². The fourth-order valence-electron chi connectivity index (χ4n) is 2.24. The number of carbonyl (C=O) groups is 1. The van der Waals surface area contributed by atoms with Crippen molar-refractivity contribution in [1.82, 2.24) is 4.98 Å². The van der Waals surface area contributed by atoms with E-state index in [4.69, 9.17) is 0 Å². The van der Waals surface area contributed by atoms with Gasteiger partial charge >= 0.3 is 0 Å². The van der Waals surface area contributed by atoms with E-state index in [0.717, 1.165) is 17.1 Å². The number of amides is 1. The van der Waals surface area contributed by atoms with Crippen LogP contribution in [0.1, 0.15) is 0 Å². The Hall–Kier alpha value is -3.41. The molecule has 1 heterocycles. The van der Waals surface area contributed by atoms with Crippen LogP contribution < -0.4 is 16.0 Å². The van der Waals surface area contributed by atoms with Gasteiger partial charge < -0.3 is 16.0 Å². The topological polar surface area (TPSA) is 66.0 Å². The molecule has 0 saturated carbocycles. The lowest BCUT2D eigenvalue weighted by atomic mass is 10.2. The number of nitrogens with zero attached hydrogens (tertiary/aromatic N) is 1. The van der Waals surface area contributed by atoms with Crippen LogP contribution in [0.15, 0.2) is 73.1 Å². The van der Waals surface area contributed by atoms with Crippen LogP contribution in [0, 0.1) is 5.82 Å². The number of halogens is 1. The van der Waals surface area contributed by atoms with E-state index in [2.05, 4.69) is 20.9 Å². The summed E-state index contributed by atoms with van der Waals surface area (Å²) >= 11 is 0. The summed E-state index contributed by atoms with van der Waals surface area (Å²) in [4.78, 5) is 16.1. The molecule has 126 valence electrons. The average molecular weight is 336 g/mol. The third-order valence-corrected chi connectivity index (χ3v) is 3.46. The quantitative estimate of drug-likeness (QED) is 0.636. The molecule has 0 radical (unpaired) electrons. The Morgan fingerprint density at radius 3 is 2.28 bits per heavy atom. The van der Waals surface area contributed by atoms with Gasteiger partial charge in [-0.15, -0.1) is 0 Å². The van der Waals surface area contributed by atoms with Crippen molar-refractivity contribution in [3.8, 4) is 0 Å². The van der Waals surface area contributed by atoms with Gasteiger partial charge in [-0.05, 0) is 48.5 Å². The molecule has 0 aliphatic rings. The summed E-state index contributed by atoms with van der Waals surface area (Å²) in [5, 5.41) is 9.05. The van der Waals surface area contributed by atoms with Gasteiger partial charge in [0.2, 0.25) is 5.91 Å². The molecule has 0 fully saturated rings. The summed E-state index contributed by atoms with van der Waals surface area (Å²) in [6, 6.07) is 16.9. The van der Waals surface area contributed by atoms with Gasteiger partial charge in [0.25, 0.3) is 0 Å². The van der Waals surface area contributed by atoms with E-state index in [0.29, 0.717) is 5.69 Å². The predicted octanol–water partition coefficient (Wildman–Crippen LogP) is 4.01. The summed E-state index contributed by atoms with van der Waals surface area (Å²) in [7, 11) is 0. The number of hydrogen-bond acceptors (Lipinski definition) is 4. The molecule has 2 aromatic carbocycles. The van der Waals surface area contributed by atoms with Crippen LogP contribution in [0.25, 0.3) is 0 Å². The molecule has 6 heteroatoms. The number of carbonyl (C=O) groups excluding carboxylic acids is 1. The van der Waals surface area contributed by atoms with E-state index in [9.17, 15) is 9.18 Å². The van der Waals surface area contributed by atoms with E-state index in [-0.39, 0.29) is 18.3 Å². The molecule has 0 unspecified atom stereocenters. The number of aromatic nitrogens is 1. The third kappa shape index (κ3) is 4.78. The number of para-hydroxylation sites is 2. The minimum Gasteiger partial charge on any atom is -0.376 e. The van der Waals surface area contributed by atoms with Gasteiger partial charge in [0.15, 0.2) is 0 Å². The molecular formula is C19H17FN4O. The minimum absolute atomic E-state index is 0.134. The zero-order valence-corrected chi connectivity index (χ0v) is 13.4. The highest BCUT2D eigenvalue weighted by atomic mass is 19.1. The molecule has 0 atom stereocenters. The highest BCUT2D eigenvalue weighted by Crippen LogP contribution is 2.25. The number of nitrogens with one attached hydrogen (secondary N) is 3. The summed E-state index contributed by atoms with van der Waals surface area (Å²) < 4.78 is 13.0. The first-order valence-electron chi connectivity index (χ1n) is 7.76. The molecule has 1 amide bonds.